The molecule has 1 saturated heterocycles. The van der Waals surface area contributed by atoms with Gasteiger partial charge in [0.05, 0.1) is 31.4 Å². The van der Waals surface area contributed by atoms with Gasteiger partial charge in [-0.15, -0.1) is 0 Å². The van der Waals surface area contributed by atoms with E-state index in [2.05, 4.69) is 0 Å². The highest BCUT2D eigenvalue weighted by atomic mass is 16.5. The molecule has 1 atom stereocenters. The van der Waals surface area contributed by atoms with E-state index >= 15 is 0 Å². The number of aliphatic hydroxyl groups excluding tert-OH is 1. The smallest absolute Gasteiger partial charge is 0.300 e. The molecule has 4 rings (SSSR count). The molecule has 1 amide bonds. The number of Topliss-reactive ketones (excluding diaryl/α,β-unsaturated/α-hetero) is 1. The third kappa shape index (κ3) is 5.09. The normalized spacial score (nSPS) is 16.7. The number of ether oxygens (including phenoxy) is 3. The molecular weight excluding hydrogens is 482 g/mol. The van der Waals surface area contributed by atoms with Crippen LogP contribution in [-0.4, -0.2) is 36.6 Å². The van der Waals surface area contributed by atoms with Gasteiger partial charge in [0.25, 0.3) is 11.7 Å². The van der Waals surface area contributed by atoms with E-state index in [9.17, 15) is 14.7 Å². The second kappa shape index (κ2) is 11.0. The second-order valence-electron chi connectivity index (χ2n) is 9.48. The summed E-state index contributed by atoms with van der Waals surface area (Å²) in [6.07, 6.45) is -0.0654. The van der Waals surface area contributed by atoms with Gasteiger partial charge in [0.2, 0.25) is 0 Å². The highest BCUT2D eigenvalue weighted by Crippen LogP contribution is 2.44. The standard InChI is InChI=1S/C31H33NO6/c1-7-37-23-12-9-11-22(17-23)32-28(21-10-8-13-24(16-21)38-18(2)3)27(30(34)31(32)35)29(33)25-14-20(5)26(36-6)15-19(25)4/h8-18,28,33H,7H2,1-6H3/b29-27+. The Morgan fingerprint density at radius 3 is 2.37 bits per heavy atom. The van der Waals surface area contributed by atoms with Crippen LogP contribution in [0, 0.1) is 13.8 Å². The molecule has 3 aromatic carbocycles. The van der Waals surface area contributed by atoms with Gasteiger partial charge in [-0.3, -0.25) is 14.5 Å². The molecule has 0 spiro atoms. The van der Waals surface area contributed by atoms with Crippen molar-refractivity contribution in [2.24, 2.45) is 0 Å². The summed E-state index contributed by atoms with van der Waals surface area (Å²) in [6.45, 7) is 9.86. The van der Waals surface area contributed by atoms with Crippen molar-refractivity contribution in [1.29, 1.82) is 0 Å². The first kappa shape index (κ1) is 26.8. The predicted molar refractivity (Wildman–Crippen MR) is 147 cm³/mol. The number of aliphatic hydroxyl groups is 1. The molecule has 1 heterocycles. The monoisotopic (exact) mass is 515 g/mol. The quantitative estimate of drug-likeness (QED) is 0.221. The largest absolute Gasteiger partial charge is 0.507 e. The molecule has 1 N–H and O–H groups in total. The molecule has 1 unspecified atom stereocenters. The van der Waals surface area contributed by atoms with Gasteiger partial charge in [-0.2, -0.15) is 0 Å². The molecule has 38 heavy (non-hydrogen) atoms. The van der Waals surface area contributed by atoms with E-state index in [1.165, 1.54) is 4.90 Å². The fraction of sp³-hybridized carbons (Fsp3) is 0.290. The summed E-state index contributed by atoms with van der Waals surface area (Å²) in [5.41, 5.74) is 3.09. The SMILES string of the molecule is CCOc1cccc(N2C(=O)C(=O)/C(=C(/O)c3cc(C)c(OC)cc3C)C2c2cccc(OC(C)C)c2)c1. The first-order valence-corrected chi connectivity index (χ1v) is 12.6. The number of benzene rings is 3. The van der Waals surface area contributed by atoms with Gasteiger partial charge < -0.3 is 19.3 Å². The van der Waals surface area contributed by atoms with Crippen LogP contribution in [-0.2, 0) is 9.59 Å². The number of carbonyl (C=O) groups excluding carboxylic acids is 2. The van der Waals surface area contributed by atoms with Crippen LogP contribution < -0.4 is 19.1 Å². The van der Waals surface area contributed by atoms with Crippen LogP contribution in [0.2, 0.25) is 0 Å². The molecule has 7 heteroatoms. The lowest BCUT2D eigenvalue weighted by Crippen LogP contribution is -2.29. The van der Waals surface area contributed by atoms with E-state index in [4.69, 9.17) is 14.2 Å². The third-order valence-electron chi connectivity index (χ3n) is 6.39. The van der Waals surface area contributed by atoms with Gasteiger partial charge in [-0.1, -0.05) is 18.2 Å². The van der Waals surface area contributed by atoms with E-state index in [1.807, 2.05) is 52.8 Å². The minimum Gasteiger partial charge on any atom is -0.507 e. The summed E-state index contributed by atoms with van der Waals surface area (Å²) in [7, 11) is 1.58. The summed E-state index contributed by atoms with van der Waals surface area (Å²) in [5, 5.41) is 11.6. The molecule has 1 aliphatic rings. The summed E-state index contributed by atoms with van der Waals surface area (Å²) in [4.78, 5) is 28.6. The van der Waals surface area contributed by atoms with Crippen molar-refractivity contribution in [3.8, 4) is 17.2 Å². The average molecular weight is 516 g/mol. The Morgan fingerprint density at radius 1 is 0.974 bits per heavy atom. The number of carbonyl (C=O) groups is 2. The Morgan fingerprint density at radius 2 is 1.68 bits per heavy atom. The number of hydrogen-bond donors (Lipinski definition) is 1. The molecule has 0 bridgehead atoms. The van der Waals surface area contributed by atoms with Gasteiger partial charge in [-0.25, -0.2) is 0 Å². The van der Waals surface area contributed by atoms with E-state index in [1.54, 1.807) is 49.6 Å². The summed E-state index contributed by atoms with van der Waals surface area (Å²) in [5.74, 6) is 0.102. The van der Waals surface area contributed by atoms with E-state index < -0.39 is 17.7 Å². The van der Waals surface area contributed by atoms with Crippen molar-refractivity contribution in [1.82, 2.24) is 0 Å². The van der Waals surface area contributed by atoms with Crippen LogP contribution in [0.5, 0.6) is 17.2 Å². The maximum atomic E-state index is 13.6. The lowest BCUT2D eigenvalue weighted by molar-refractivity contribution is -0.132. The first-order chi connectivity index (χ1) is 18.2. The van der Waals surface area contributed by atoms with Gasteiger partial charge in [0, 0.05) is 17.3 Å². The maximum absolute atomic E-state index is 13.6. The maximum Gasteiger partial charge on any atom is 0.300 e. The van der Waals surface area contributed by atoms with Crippen molar-refractivity contribution in [2.45, 2.75) is 46.8 Å². The zero-order valence-corrected chi connectivity index (χ0v) is 22.6. The fourth-order valence-corrected chi connectivity index (χ4v) is 4.74. The van der Waals surface area contributed by atoms with Crippen LogP contribution in [0.25, 0.3) is 5.76 Å². The first-order valence-electron chi connectivity index (χ1n) is 12.6. The Labute approximate surface area is 223 Å². The zero-order valence-electron chi connectivity index (χ0n) is 22.6. The molecule has 0 radical (unpaired) electrons. The Hall–Kier alpha value is -4.26. The number of nitrogens with zero attached hydrogens (tertiary/aromatic N) is 1. The highest BCUT2D eigenvalue weighted by Gasteiger charge is 2.47. The van der Waals surface area contributed by atoms with Gasteiger partial charge in [-0.05, 0) is 87.7 Å². The molecule has 3 aromatic rings. The topological polar surface area (TPSA) is 85.3 Å². The van der Waals surface area contributed by atoms with E-state index in [-0.39, 0.29) is 17.4 Å². The van der Waals surface area contributed by atoms with Crippen LogP contribution in [0.3, 0.4) is 0 Å². The lowest BCUT2D eigenvalue weighted by atomic mass is 9.93. The predicted octanol–water partition coefficient (Wildman–Crippen LogP) is 6.12. The van der Waals surface area contributed by atoms with Gasteiger partial charge >= 0.3 is 0 Å². The number of amides is 1. The fourth-order valence-electron chi connectivity index (χ4n) is 4.74. The van der Waals surface area contributed by atoms with E-state index in [0.29, 0.717) is 46.2 Å². The van der Waals surface area contributed by atoms with Crippen molar-refractivity contribution in [2.75, 3.05) is 18.6 Å². The molecule has 0 saturated carbocycles. The van der Waals surface area contributed by atoms with Crippen LogP contribution in [0.4, 0.5) is 5.69 Å². The van der Waals surface area contributed by atoms with E-state index in [0.717, 1.165) is 5.56 Å². The Bertz CT molecular complexity index is 1410. The molecule has 1 aliphatic heterocycles. The molecule has 1 fully saturated rings. The molecule has 0 aromatic heterocycles. The van der Waals surface area contributed by atoms with Crippen molar-refractivity contribution in [3.63, 3.8) is 0 Å². The van der Waals surface area contributed by atoms with Crippen molar-refractivity contribution in [3.05, 3.63) is 88.5 Å². The van der Waals surface area contributed by atoms with Crippen molar-refractivity contribution < 1.29 is 28.9 Å². The number of methoxy groups -OCH3 is 1. The Kier molecular flexibility index (Phi) is 7.76. The highest BCUT2D eigenvalue weighted by molar-refractivity contribution is 6.51. The van der Waals surface area contributed by atoms with Crippen LogP contribution in [0.15, 0.2) is 66.2 Å². The number of rotatable bonds is 8. The lowest BCUT2D eigenvalue weighted by Gasteiger charge is -2.26. The van der Waals surface area contributed by atoms with Crippen molar-refractivity contribution >= 4 is 23.1 Å². The minimum atomic E-state index is -0.885. The average Bonchev–Trinajstić information content (AvgIpc) is 3.15. The van der Waals surface area contributed by atoms with Crippen LogP contribution >= 0.6 is 0 Å². The minimum absolute atomic E-state index is 0.00572. The summed E-state index contributed by atoms with van der Waals surface area (Å²) < 4.78 is 17.0. The number of hydrogen-bond acceptors (Lipinski definition) is 6. The summed E-state index contributed by atoms with van der Waals surface area (Å²) >= 11 is 0. The van der Waals surface area contributed by atoms with Crippen LogP contribution in [0.1, 0.15) is 49.1 Å². The van der Waals surface area contributed by atoms with Gasteiger partial charge in [0.1, 0.15) is 23.0 Å². The molecule has 0 aliphatic carbocycles. The third-order valence-corrected chi connectivity index (χ3v) is 6.39. The number of ketones is 1. The summed E-state index contributed by atoms with van der Waals surface area (Å²) in [6, 6.07) is 17.0. The second-order valence-corrected chi connectivity index (χ2v) is 9.48. The Balaban J connectivity index is 1.96. The number of aryl methyl sites for hydroxylation is 2. The molecule has 7 nitrogen and oxygen atoms in total. The molecule has 198 valence electrons. The molecular formula is C31H33NO6. The number of anilines is 1. The van der Waals surface area contributed by atoms with Gasteiger partial charge in [0.15, 0.2) is 0 Å². The zero-order chi connectivity index (χ0) is 27.6.